The minimum absolute atomic E-state index is 0.149. The molecule has 1 amide bonds. The number of pyridine rings is 2. The minimum atomic E-state index is -0.844. The van der Waals surface area contributed by atoms with Crippen LogP contribution in [0.1, 0.15) is 21.8 Å². The van der Waals surface area contributed by atoms with E-state index in [2.05, 4.69) is 15.1 Å². The van der Waals surface area contributed by atoms with Gasteiger partial charge in [0.25, 0.3) is 5.91 Å². The number of halogens is 1. The van der Waals surface area contributed by atoms with E-state index in [1.165, 1.54) is 18.3 Å². The van der Waals surface area contributed by atoms with Crippen molar-refractivity contribution in [3.8, 4) is 17.1 Å². The van der Waals surface area contributed by atoms with Crippen molar-refractivity contribution in [2.75, 3.05) is 24.6 Å². The van der Waals surface area contributed by atoms with E-state index in [1.807, 2.05) is 0 Å². The fraction of sp³-hybridized carbons (Fsp3) is 0.300. The quantitative estimate of drug-likeness (QED) is 0.613. The Kier molecular flexibility index (Phi) is 5.84. The number of aromatic nitrogens is 3. The standard InChI is InChI=1S/C20H19FN4O4S/c1-13-16(19(24-29-13)17-4-2-14(21)10-22-17)12-28-15-3-5-18(23-11-15)20(26)25-6-8-30(27)9-7-25/h2-5,10-11H,6-9,12H2,1H3. The van der Waals surface area contributed by atoms with E-state index in [0.29, 0.717) is 58.8 Å². The van der Waals surface area contributed by atoms with E-state index in [1.54, 1.807) is 24.0 Å². The van der Waals surface area contributed by atoms with Crippen molar-refractivity contribution >= 4 is 16.7 Å². The molecular weight excluding hydrogens is 411 g/mol. The van der Waals surface area contributed by atoms with E-state index in [9.17, 15) is 13.4 Å². The summed E-state index contributed by atoms with van der Waals surface area (Å²) in [4.78, 5) is 22.4. The Bertz CT molecular complexity index is 1060. The van der Waals surface area contributed by atoms with Crippen LogP contribution in [0.2, 0.25) is 0 Å². The third kappa shape index (κ3) is 4.38. The number of nitrogens with zero attached hydrogens (tertiary/aromatic N) is 4. The normalized spacial score (nSPS) is 14.7. The summed E-state index contributed by atoms with van der Waals surface area (Å²) >= 11 is 0. The van der Waals surface area contributed by atoms with E-state index in [-0.39, 0.29) is 12.5 Å². The molecule has 0 spiro atoms. The number of ether oxygens (including phenoxy) is 1. The van der Waals surface area contributed by atoms with Crippen LogP contribution in [0, 0.1) is 12.7 Å². The Morgan fingerprint density at radius 3 is 2.67 bits per heavy atom. The van der Waals surface area contributed by atoms with Gasteiger partial charge in [-0.1, -0.05) is 5.16 Å². The molecule has 0 unspecified atom stereocenters. The first-order valence-electron chi connectivity index (χ1n) is 9.31. The molecule has 0 aliphatic carbocycles. The van der Waals surface area contributed by atoms with Crippen LogP contribution in [0.3, 0.4) is 0 Å². The Morgan fingerprint density at radius 2 is 2.00 bits per heavy atom. The first kappa shape index (κ1) is 20.1. The fourth-order valence-corrected chi connectivity index (χ4v) is 4.08. The maximum absolute atomic E-state index is 13.1. The van der Waals surface area contributed by atoms with Gasteiger partial charge in [0.05, 0.1) is 23.7 Å². The molecule has 1 fully saturated rings. The number of aryl methyl sites for hydroxylation is 1. The highest BCUT2D eigenvalue weighted by atomic mass is 32.2. The predicted octanol–water partition coefficient (Wildman–Crippen LogP) is 2.36. The van der Waals surface area contributed by atoms with Gasteiger partial charge in [0, 0.05) is 35.4 Å². The molecule has 156 valence electrons. The maximum atomic E-state index is 13.1. The van der Waals surface area contributed by atoms with Crippen LogP contribution < -0.4 is 4.74 Å². The van der Waals surface area contributed by atoms with Gasteiger partial charge in [0.2, 0.25) is 0 Å². The summed E-state index contributed by atoms with van der Waals surface area (Å²) in [5.74, 6) is 1.42. The van der Waals surface area contributed by atoms with Crippen LogP contribution >= 0.6 is 0 Å². The summed E-state index contributed by atoms with van der Waals surface area (Å²) in [5, 5.41) is 3.99. The molecule has 4 heterocycles. The number of hydrogen-bond acceptors (Lipinski definition) is 7. The van der Waals surface area contributed by atoms with Crippen molar-refractivity contribution < 1.29 is 22.7 Å². The lowest BCUT2D eigenvalue weighted by molar-refractivity contribution is 0.0765. The van der Waals surface area contributed by atoms with Crippen molar-refractivity contribution in [3.63, 3.8) is 0 Å². The summed E-state index contributed by atoms with van der Waals surface area (Å²) in [6.45, 7) is 2.84. The van der Waals surface area contributed by atoms with E-state index >= 15 is 0 Å². The predicted molar refractivity (Wildman–Crippen MR) is 107 cm³/mol. The monoisotopic (exact) mass is 430 g/mol. The molecule has 3 aromatic rings. The maximum Gasteiger partial charge on any atom is 0.272 e. The highest BCUT2D eigenvalue weighted by Crippen LogP contribution is 2.25. The summed E-state index contributed by atoms with van der Waals surface area (Å²) in [5.41, 5.74) is 1.96. The third-order valence-electron chi connectivity index (χ3n) is 4.76. The zero-order valence-electron chi connectivity index (χ0n) is 16.2. The molecule has 1 saturated heterocycles. The SMILES string of the molecule is Cc1onc(-c2ccc(F)cn2)c1COc1ccc(C(=O)N2CCS(=O)CC2)nc1. The van der Waals surface area contributed by atoms with Crippen molar-refractivity contribution in [1.82, 2.24) is 20.0 Å². The minimum Gasteiger partial charge on any atom is -0.487 e. The fourth-order valence-electron chi connectivity index (χ4n) is 3.03. The first-order chi connectivity index (χ1) is 14.5. The van der Waals surface area contributed by atoms with Crippen LogP contribution in [0.25, 0.3) is 11.4 Å². The van der Waals surface area contributed by atoms with E-state index < -0.39 is 16.6 Å². The second-order valence-corrected chi connectivity index (χ2v) is 8.43. The molecular formula is C20H19FN4O4S. The van der Waals surface area contributed by atoms with Gasteiger partial charge in [-0.05, 0) is 31.2 Å². The molecule has 3 aromatic heterocycles. The zero-order chi connectivity index (χ0) is 21.1. The molecule has 0 bridgehead atoms. The Balaban J connectivity index is 1.42. The molecule has 1 aliphatic rings. The lowest BCUT2D eigenvalue weighted by Gasteiger charge is -2.25. The Labute approximate surface area is 174 Å². The van der Waals surface area contributed by atoms with Gasteiger partial charge in [0.1, 0.15) is 35.3 Å². The van der Waals surface area contributed by atoms with Crippen molar-refractivity contribution in [1.29, 1.82) is 0 Å². The molecule has 0 N–H and O–H groups in total. The molecule has 1 aliphatic heterocycles. The van der Waals surface area contributed by atoms with Crippen molar-refractivity contribution in [3.05, 3.63) is 59.5 Å². The zero-order valence-corrected chi connectivity index (χ0v) is 17.0. The van der Waals surface area contributed by atoms with Crippen LogP contribution in [-0.4, -0.2) is 54.7 Å². The van der Waals surface area contributed by atoms with Crippen molar-refractivity contribution in [2.45, 2.75) is 13.5 Å². The average molecular weight is 430 g/mol. The van der Waals surface area contributed by atoms with Gasteiger partial charge < -0.3 is 14.2 Å². The lowest BCUT2D eigenvalue weighted by atomic mass is 10.1. The van der Waals surface area contributed by atoms with Crippen LogP contribution in [0.15, 0.2) is 41.2 Å². The average Bonchev–Trinajstić information content (AvgIpc) is 3.13. The molecule has 8 nitrogen and oxygen atoms in total. The van der Waals surface area contributed by atoms with Gasteiger partial charge in [0.15, 0.2) is 0 Å². The summed E-state index contributed by atoms with van der Waals surface area (Å²) in [6, 6.07) is 6.10. The van der Waals surface area contributed by atoms with Gasteiger partial charge in [-0.25, -0.2) is 9.37 Å². The van der Waals surface area contributed by atoms with Gasteiger partial charge in [-0.3, -0.25) is 14.0 Å². The van der Waals surface area contributed by atoms with Gasteiger partial charge in [-0.2, -0.15) is 0 Å². The van der Waals surface area contributed by atoms with E-state index in [4.69, 9.17) is 9.26 Å². The first-order valence-corrected chi connectivity index (χ1v) is 10.8. The largest absolute Gasteiger partial charge is 0.487 e. The second-order valence-electron chi connectivity index (χ2n) is 6.74. The molecule has 0 saturated carbocycles. The van der Waals surface area contributed by atoms with E-state index in [0.717, 1.165) is 6.20 Å². The van der Waals surface area contributed by atoms with Gasteiger partial charge >= 0.3 is 0 Å². The molecule has 30 heavy (non-hydrogen) atoms. The third-order valence-corrected chi connectivity index (χ3v) is 6.03. The van der Waals surface area contributed by atoms with Crippen LogP contribution in [0.4, 0.5) is 4.39 Å². The molecule has 4 rings (SSSR count). The molecule has 0 radical (unpaired) electrons. The van der Waals surface area contributed by atoms with Crippen molar-refractivity contribution in [2.24, 2.45) is 0 Å². The molecule has 0 aromatic carbocycles. The Morgan fingerprint density at radius 1 is 1.20 bits per heavy atom. The number of hydrogen-bond donors (Lipinski definition) is 0. The number of rotatable bonds is 5. The second kappa shape index (κ2) is 8.70. The topological polar surface area (TPSA) is 98.4 Å². The Hall–Kier alpha value is -3.14. The summed E-state index contributed by atoms with van der Waals surface area (Å²) < 4.78 is 35.6. The summed E-state index contributed by atoms with van der Waals surface area (Å²) in [7, 11) is -0.844. The van der Waals surface area contributed by atoms with Crippen LogP contribution in [0.5, 0.6) is 5.75 Å². The van der Waals surface area contributed by atoms with Gasteiger partial charge in [-0.15, -0.1) is 0 Å². The highest BCUT2D eigenvalue weighted by Gasteiger charge is 2.22. The lowest BCUT2D eigenvalue weighted by Crippen LogP contribution is -2.42. The smallest absolute Gasteiger partial charge is 0.272 e. The highest BCUT2D eigenvalue weighted by molar-refractivity contribution is 7.85. The molecule has 10 heteroatoms. The number of carbonyl (C=O) groups excluding carboxylic acids is 1. The molecule has 0 atom stereocenters. The number of amides is 1. The summed E-state index contributed by atoms with van der Waals surface area (Å²) in [6.07, 6.45) is 2.59. The van der Waals surface area contributed by atoms with Crippen LogP contribution in [-0.2, 0) is 17.4 Å². The number of carbonyl (C=O) groups is 1.